The summed E-state index contributed by atoms with van der Waals surface area (Å²) in [5.41, 5.74) is 2.89. The van der Waals surface area contributed by atoms with Crippen molar-refractivity contribution < 1.29 is 32.2 Å². The summed E-state index contributed by atoms with van der Waals surface area (Å²) in [6, 6.07) is 0.262. The minimum atomic E-state index is -0.279. The van der Waals surface area contributed by atoms with Gasteiger partial charge in [-0.05, 0) is 99.4 Å². The van der Waals surface area contributed by atoms with Gasteiger partial charge in [-0.3, -0.25) is 14.5 Å². The average Bonchev–Trinajstić information content (AvgIpc) is 3.42. The van der Waals surface area contributed by atoms with E-state index in [4.69, 9.17) is 4.84 Å². The van der Waals surface area contributed by atoms with Crippen LogP contribution in [0, 0.1) is 34.5 Å². The molecule has 5 rings (SSSR count). The van der Waals surface area contributed by atoms with E-state index in [1.807, 2.05) is 18.0 Å². The zero-order valence-corrected chi connectivity index (χ0v) is 22.8. The second kappa shape index (κ2) is 10.2. The van der Waals surface area contributed by atoms with Gasteiger partial charge < -0.3 is 17.7 Å². The third-order valence-corrected chi connectivity index (χ3v) is 10.9. The molecule has 3 saturated carbocycles. The fourth-order valence-corrected chi connectivity index (χ4v) is 9.07. The topological polar surface area (TPSA) is 75.6 Å². The van der Waals surface area contributed by atoms with Gasteiger partial charge in [0.15, 0.2) is 5.78 Å². The van der Waals surface area contributed by atoms with E-state index in [-0.39, 0.29) is 35.4 Å². The second-order valence-corrected chi connectivity index (χ2v) is 12.4. The Morgan fingerprint density at radius 3 is 2.71 bits per heavy atom. The van der Waals surface area contributed by atoms with Crippen LogP contribution in [0.1, 0.15) is 85.0 Å². The van der Waals surface area contributed by atoms with Crippen molar-refractivity contribution in [3.8, 4) is 0 Å². The molecular weight excluding hydrogens is 462 g/mol. The number of ketones is 1. The van der Waals surface area contributed by atoms with E-state index < -0.39 is 0 Å². The molecule has 1 aliphatic heterocycles. The number of oxime groups is 1. The summed E-state index contributed by atoms with van der Waals surface area (Å²) in [5, 5.41) is 6.58. The lowest BCUT2D eigenvalue weighted by atomic mass is 9.46. The van der Waals surface area contributed by atoms with E-state index >= 15 is 0 Å². The van der Waals surface area contributed by atoms with Crippen molar-refractivity contribution in [1.82, 2.24) is 4.90 Å². The van der Waals surface area contributed by atoms with Crippen molar-refractivity contribution >= 4 is 17.6 Å². The molecule has 1 heterocycles. The molecule has 1 amide bonds. The Morgan fingerprint density at radius 2 is 1.94 bits per heavy atom. The Morgan fingerprint density at radius 1 is 1.14 bits per heavy atom. The number of rotatable bonds is 4. The van der Waals surface area contributed by atoms with E-state index in [1.165, 1.54) is 31.3 Å². The molecule has 35 heavy (non-hydrogen) atoms. The van der Waals surface area contributed by atoms with E-state index in [0.29, 0.717) is 23.5 Å². The van der Waals surface area contributed by atoms with E-state index in [9.17, 15) is 9.59 Å². The molecule has 1 unspecified atom stereocenters. The number of hydrogen-bond acceptors (Lipinski definition) is 4. The highest BCUT2D eigenvalue weighted by Crippen LogP contribution is 2.66. The number of amides is 1. The molecular formula is C28H44ClN3O3. The number of nitrogens with two attached hydrogens (primary N) is 1. The van der Waals surface area contributed by atoms with Gasteiger partial charge >= 0.3 is 6.09 Å². The van der Waals surface area contributed by atoms with Gasteiger partial charge in [0.1, 0.15) is 0 Å². The number of carbonyl (C=O) groups is 2. The number of fused-ring (bicyclic) bond motifs is 5. The maximum Gasteiger partial charge on any atom is 0.436 e. The van der Waals surface area contributed by atoms with E-state index in [0.717, 1.165) is 63.2 Å². The number of quaternary nitrogens is 1. The number of hydrogen-bond donors (Lipinski definition) is 1. The lowest BCUT2D eigenvalue weighted by molar-refractivity contribution is -0.630. The summed E-state index contributed by atoms with van der Waals surface area (Å²) in [5.74, 6) is 2.88. The Hall–Kier alpha value is -1.40. The zero-order valence-electron chi connectivity index (χ0n) is 22.0. The van der Waals surface area contributed by atoms with Crippen LogP contribution in [0.4, 0.5) is 4.79 Å². The standard InChI is InChI=1S/C28H43N3O3.ClH/c1-18(30-34-26(33)31-15-5-6-20(31)17-29-4)23-9-10-24-22-8-7-19-16-21(32)11-13-27(19,2)25(22)12-14-28(23,24)3;/h16,20,22-25,29H,5-15,17H2,1-4H3;1H/b30-18+;/t20-,22-,23+,24?,25-,27-,28+;/m0./s1. The molecule has 5 aliphatic rings. The van der Waals surface area contributed by atoms with Crippen LogP contribution in [0.2, 0.25) is 0 Å². The van der Waals surface area contributed by atoms with Crippen LogP contribution in [0.3, 0.4) is 0 Å². The fourth-order valence-electron chi connectivity index (χ4n) is 9.07. The van der Waals surface area contributed by atoms with Crippen molar-refractivity contribution in [2.75, 3.05) is 20.1 Å². The Balaban J connectivity index is 0.00000289. The highest BCUT2D eigenvalue weighted by molar-refractivity contribution is 5.91. The number of halogens is 1. The first kappa shape index (κ1) is 26.7. The third kappa shape index (κ3) is 4.47. The maximum atomic E-state index is 12.7. The van der Waals surface area contributed by atoms with Crippen molar-refractivity contribution in [1.29, 1.82) is 0 Å². The van der Waals surface area contributed by atoms with Crippen LogP contribution in [0.15, 0.2) is 16.8 Å². The first-order valence-electron chi connectivity index (χ1n) is 13.8. The van der Waals surface area contributed by atoms with Crippen LogP contribution in [-0.4, -0.2) is 48.7 Å². The molecule has 0 aromatic carbocycles. The quantitative estimate of drug-likeness (QED) is 0.355. The SMILES string of the molecule is C[NH2+]C[C@@H]1CCCN1C(=O)O/N=C(\C)[C@H]1CCC2[C@@H]3CCC4=CC(=O)CC[C@]4(C)[C@H]3CC[C@@]21C.[Cl-]. The Labute approximate surface area is 217 Å². The van der Waals surface area contributed by atoms with Gasteiger partial charge in [0.05, 0.1) is 25.3 Å². The molecule has 4 aliphatic carbocycles. The molecule has 1 saturated heterocycles. The number of allylic oxidation sites excluding steroid dienone is 1. The highest BCUT2D eigenvalue weighted by Gasteiger charge is 2.59. The monoisotopic (exact) mass is 505 g/mol. The maximum absolute atomic E-state index is 12.7. The van der Waals surface area contributed by atoms with Crippen LogP contribution in [-0.2, 0) is 9.63 Å². The number of nitrogens with zero attached hydrogens (tertiary/aromatic N) is 2. The van der Waals surface area contributed by atoms with Gasteiger partial charge in [-0.25, -0.2) is 4.79 Å². The smallest absolute Gasteiger partial charge is 0.436 e. The summed E-state index contributed by atoms with van der Waals surface area (Å²) in [6.07, 6.45) is 12.7. The number of likely N-dealkylation sites (N-methyl/N-ethyl adjacent to an activating group) is 1. The molecule has 0 bridgehead atoms. The van der Waals surface area contributed by atoms with Crippen molar-refractivity contribution in [2.45, 2.75) is 91.0 Å². The van der Waals surface area contributed by atoms with Crippen LogP contribution in [0.25, 0.3) is 0 Å². The molecule has 7 heteroatoms. The molecule has 4 fully saturated rings. The highest BCUT2D eigenvalue weighted by atomic mass is 35.5. The molecule has 0 radical (unpaired) electrons. The van der Waals surface area contributed by atoms with Crippen molar-refractivity contribution in [2.24, 2.45) is 39.7 Å². The molecule has 6 nitrogen and oxygen atoms in total. The third-order valence-electron chi connectivity index (χ3n) is 10.9. The summed E-state index contributed by atoms with van der Waals surface area (Å²) >= 11 is 0. The molecule has 2 N–H and O–H groups in total. The number of carbonyl (C=O) groups excluding carboxylic acids is 2. The van der Waals surface area contributed by atoms with Gasteiger partial charge in [-0.1, -0.05) is 24.6 Å². The largest absolute Gasteiger partial charge is 1.00 e. The van der Waals surface area contributed by atoms with Crippen LogP contribution >= 0.6 is 0 Å². The minimum Gasteiger partial charge on any atom is -1.00 e. The number of likely N-dealkylation sites (tertiary alicyclic amines) is 1. The zero-order chi connectivity index (χ0) is 24.1. The Kier molecular flexibility index (Phi) is 7.74. The molecule has 7 atom stereocenters. The summed E-state index contributed by atoms with van der Waals surface area (Å²) in [7, 11) is 2.05. The van der Waals surface area contributed by atoms with E-state index in [1.54, 1.807) is 0 Å². The lowest BCUT2D eigenvalue weighted by Crippen LogP contribution is -3.00. The van der Waals surface area contributed by atoms with Crippen LogP contribution < -0.4 is 17.7 Å². The summed E-state index contributed by atoms with van der Waals surface area (Å²) < 4.78 is 0. The molecule has 0 aromatic heterocycles. The van der Waals surface area contributed by atoms with Gasteiger partial charge in [0.2, 0.25) is 0 Å². The first-order chi connectivity index (χ1) is 16.3. The average molecular weight is 506 g/mol. The van der Waals surface area contributed by atoms with Crippen molar-refractivity contribution in [3.63, 3.8) is 0 Å². The predicted molar refractivity (Wildman–Crippen MR) is 132 cm³/mol. The normalized spacial score (nSPS) is 40.9. The van der Waals surface area contributed by atoms with Crippen LogP contribution in [0.5, 0.6) is 0 Å². The van der Waals surface area contributed by atoms with E-state index in [2.05, 4.69) is 31.2 Å². The predicted octanol–water partition coefficient (Wildman–Crippen LogP) is 1.31. The molecule has 196 valence electrons. The van der Waals surface area contributed by atoms with Gasteiger partial charge in [-0.15, -0.1) is 0 Å². The first-order valence-corrected chi connectivity index (χ1v) is 13.8. The summed E-state index contributed by atoms with van der Waals surface area (Å²) in [6.45, 7) is 8.71. The second-order valence-electron chi connectivity index (χ2n) is 12.4. The lowest BCUT2D eigenvalue weighted by Gasteiger charge is -2.58. The van der Waals surface area contributed by atoms with Crippen molar-refractivity contribution in [3.05, 3.63) is 11.6 Å². The van der Waals surface area contributed by atoms with Gasteiger partial charge in [-0.2, -0.15) is 0 Å². The van der Waals surface area contributed by atoms with Gasteiger partial charge in [0, 0.05) is 18.9 Å². The minimum absolute atomic E-state index is 0. The molecule has 0 aromatic rings. The molecule has 0 spiro atoms. The Bertz CT molecular complexity index is 904. The van der Waals surface area contributed by atoms with Gasteiger partial charge in [0.25, 0.3) is 0 Å². The fraction of sp³-hybridized carbons (Fsp3) is 0.821. The summed E-state index contributed by atoms with van der Waals surface area (Å²) in [4.78, 5) is 32.2.